The summed E-state index contributed by atoms with van der Waals surface area (Å²) in [6.07, 6.45) is 12.2. The molecule has 2 aromatic carbocycles. The lowest BCUT2D eigenvalue weighted by Crippen LogP contribution is -2.58. The average Bonchev–Trinajstić information content (AvgIpc) is 3.48. The van der Waals surface area contributed by atoms with Crippen LogP contribution in [0.2, 0.25) is 0 Å². The minimum absolute atomic E-state index is 0.00476. The van der Waals surface area contributed by atoms with Gasteiger partial charge in [0.25, 0.3) is 0 Å². The van der Waals surface area contributed by atoms with Crippen LogP contribution in [0.5, 0.6) is 0 Å². The first-order valence-corrected chi connectivity index (χ1v) is 14.9. The third-order valence-corrected chi connectivity index (χ3v) is 9.09. The Morgan fingerprint density at radius 3 is 1.31 bits per heavy atom. The van der Waals surface area contributed by atoms with E-state index in [1.54, 1.807) is 11.1 Å². The van der Waals surface area contributed by atoms with Crippen molar-refractivity contribution in [2.45, 2.75) is 88.5 Å². The van der Waals surface area contributed by atoms with E-state index in [0.717, 1.165) is 0 Å². The summed E-state index contributed by atoms with van der Waals surface area (Å²) < 4.78 is 0. The van der Waals surface area contributed by atoms with Crippen LogP contribution in [0.3, 0.4) is 0 Å². The molecule has 0 aliphatic heterocycles. The van der Waals surface area contributed by atoms with Gasteiger partial charge in [-0.25, -0.2) is 0 Å². The Hall–Kier alpha value is -2.60. The summed E-state index contributed by atoms with van der Waals surface area (Å²) in [6.45, 7) is 29.3. The van der Waals surface area contributed by atoms with Gasteiger partial charge in [-0.1, -0.05) is 174 Å². The van der Waals surface area contributed by atoms with Crippen molar-refractivity contribution in [2.75, 3.05) is 0 Å². The Kier molecular flexibility index (Phi) is 7.16. The number of benzene rings is 2. The summed E-state index contributed by atoms with van der Waals surface area (Å²) in [6, 6.07) is 22.8. The van der Waals surface area contributed by atoms with Crippen LogP contribution in [0.4, 0.5) is 0 Å². The van der Waals surface area contributed by atoms with Crippen LogP contribution in [0.25, 0.3) is 0 Å². The van der Waals surface area contributed by atoms with Crippen molar-refractivity contribution in [1.82, 2.24) is 0 Å². The van der Waals surface area contributed by atoms with E-state index in [-0.39, 0.29) is 38.4 Å². The minimum Gasteiger partial charge on any atom is -0.0763 e. The number of hydrogen-bond acceptors (Lipinski definition) is 0. The molecule has 39 heavy (non-hydrogen) atoms. The first-order valence-electron chi connectivity index (χ1n) is 14.9. The van der Waals surface area contributed by atoms with Gasteiger partial charge in [0.1, 0.15) is 0 Å². The summed E-state index contributed by atoms with van der Waals surface area (Å²) >= 11 is 0. The highest BCUT2D eigenvalue weighted by molar-refractivity contribution is 5.64. The van der Waals surface area contributed by atoms with E-state index in [1.165, 1.54) is 16.7 Å². The molecule has 208 valence electrons. The first-order chi connectivity index (χ1) is 17.9. The van der Waals surface area contributed by atoms with Gasteiger partial charge in [0, 0.05) is 16.7 Å². The van der Waals surface area contributed by atoms with Gasteiger partial charge < -0.3 is 0 Å². The standard InChI is InChI=1S/C39H52/c1-34(2,3)31-27-38(37(10,11)12,33(36(7,8)9)32(31)35(4,5)6)39(30-25-19-20-26-30,28-21-15-13-16-22-28)29-23-17-14-18-24-29/h13-27,30H,1-12H3. The molecule has 0 heterocycles. The molecule has 0 fully saturated rings. The molecule has 0 aromatic heterocycles. The van der Waals surface area contributed by atoms with Crippen molar-refractivity contribution < 1.29 is 0 Å². The van der Waals surface area contributed by atoms with Crippen molar-refractivity contribution in [3.8, 4) is 0 Å². The fraction of sp³-hybridized carbons (Fsp3) is 0.487. The zero-order valence-corrected chi connectivity index (χ0v) is 26.7. The molecule has 2 aliphatic carbocycles. The molecule has 2 aromatic rings. The molecule has 0 N–H and O–H groups in total. The molecule has 0 radical (unpaired) electrons. The first kappa shape index (κ1) is 29.4. The summed E-state index contributed by atoms with van der Waals surface area (Å²) in [7, 11) is 0. The van der Waals surface area contributed by atoms with E-state index < -0.39 is 0 Å². The quantitative estimate of drug-likeness (QED) is 0.376. The van der Waals surface area contributed by atoms with E-state index in [9.17, 15) is 0 Å². The Labute approximate surface area is 240 Å². The van der Waals surface area contributed by atoms with E-state index >= 15 is 0 Å². The van der Waals surface area contributed by atoms with Crippen molar-refractivity contribution in [1.29, 1.82) is 0 Å². The van der Waals surface area contributed by atoms with Gasteiger partial charge in [-0.2, -0.15) is 0 Å². The van der Waals surface area contributed by atoms with E-state index in [2.05, 4.69) is 174 Å². The average molecular weight is 521 g/mol. The van der Waals surface area contributed by atoms with Crippen molar-refractivity contribution in [2.24, 2.45) is 33.0 Å². The summed E-state index contributed by atoms with van der Waals surface area (Å²) in [4.78, 5) is 0. The third kappa shape index (κ3) is 4.53. The molecule has 4 rings (SSSR count). The number of allylic oxidation sites excluding steroid dienone is 8. The van der Waals surface area contributed by atoms with Crippen LogP contribution in [0.15, 0.2) is 108 Å². The molecule has 1 atom stereocenters. The predicted molar refractivity (Wildman–Crippen MR) is 171 cm³/mol. The second kappa shape index (κ2) is 9.50. The molecule has 0 amide bonds. The summed E-state index contributed by atoms with van der Waals surface area (Å²) in [5.74, 6) is 0.204. The molecule has 0 nitrogen and oxygen atoms in total. The van der Waals surface area contributed by atoms with Crippen LogP contribution < -0.4 is 0 Å². The Morgan fingerprint density at radius 1 is 0.538 bits per heavy atom. The number of rotatable bonds is 4. The van der Waals surface area contributed by atoms with Crippen LogP contribution in [-0.4, -0.2) is 0 Å². The zero-order valence-electron chi connectivity index (χ0n) is 26.7. The lowest BCUT2D eigenvalue weighted by Gasteiger charge is -2.61. The highest BCUT2D eigenvalue weighted by Gasteiger charge is 2.66. The topological polar surface area (TPSA) is 0 Å². The zero-order chi connectivity index (χ0) is 29.1. The molecule has 2 aliphatic rings. The maximum Gasteiger partial charge on any atom is 0.0433 e. The summed E-state index contributed by atoms with van der Waals surface area (Å²) in [5.41, 5.74) is 6.61. The Morgan fingerprint density at radius 2 is 0.974 bits per heavy atom. The largest absolute Gasteiger partial charge is 0.0763 e. The fourth-order valence-corrected chi connectivity index (χ4v) is 7.92. The second-order valence-corrected chi connectivity index (χ2v) is 16.0. The van der Waals surface area contributed by atoms with Crippen molar-refractivity contribution >= 4 is 0 Å². The highest BCUT2D eigenvalue weighted by atomic mass is 14.7. The SMILES string of the molecule is CC(C)(C)C1=CC(C(C)(C)C)(C(c2ccccc2)(c2ccccc2)C2C=CC=C2)C(C(C)(C)C)=C1C(C)(C)C. The van der Waals surface area contributed by atoms with Gasteiger partial charge >= 0.3 is 0 Å². The predicted octanol–water partition coefficient (Wildman–Crippen LogP) is 11.1. The van der Waals surface area contributed by atoms with Crippen LogP contribution in [0.1, 0.15) is 94.2 Å². The minimum atomic E-state index is -0.358. The molecule has 0 bridgehead atoms. The van der Waals surface area contributed by atoms with E-state index in [0.29, 0.717) is 0 Å². The molecular weight excluding hydrogens is 468 g/mol. The third-order valence-electron chi connectivity index (χ3n) is 9.09. The fourth-order valence-electron chi connectivity index (χ4n) is 7.92. The maximum absolute atomic E-state index is 2.77. The van der Waals surface area contributed by atoms with Gasteiger partial charge in [0.2, 0.25) is 0 Å². The lowest BCUT2D eigenvalue weighted by atomic mass is 9.40. The van der Waals surface area contributed by atoms with Crippen molar-refractivity contribution in [3.05, 3.63) is 119 Å². The van der Waals surface area contributed by atoms with Gasteiger partial charge in [-0.3, -0.25) is 0 Å². The molecule has 1 unspecified atom stereocenters. The Balaban J connectivity index is 2.40. The normalized spacial score (nSPS) is 21.2. The number of hydrogen-bond donors (Lipinski definition) is 0. The second-order valence-electron chi connectivity index (χ2n) is 16.0. The molecular formula is C39H52. The molecule has 0 heteroatoms. The highest BCUT2D eigenvalue weighted by Crippen LogP contribution is 2.72. The van der Waals surface area contributed by atoms with Crippen LogP contribution >= 0.6 is 0 Å². The molecule has 0 saturated heterocycles. The molecule has 0 spiro atoms. The van der Waals surface area contributed by atoms with Crippen molar-refractivity contribution in [3.63, 3.8) is 0 Å². The lowest BCUT2D eigenvalue weighted by molar-refractivity contribution is 0.0646. The van der Waals surface area contributed by atoms with Gasteiger partial charge in [0.15, 0.2) is 0 Å². The van der Waals surface area contributed by atoms with Gasteiger partial charge in [-0.15, -0.1) is 0 Å². The summed E-state index contributed by atoms with van der Waals surface area (Å²) in [5, 5.41) is 0. The smallest absolute Gasteiger partial charge is 0.0433 e. The van der Waals surface area contributed by atoms with Gasteiger partial charge in [-0.05, 0) is 49.5 Å². The Bertz CT molecular complexity index is 1250. The van der Waals surface area contributed by atoms with Gasteiger partial charge in [0.05, 0.1) is 0 Å². The van der Waals surface area contributed by atoms with E-state index in [1.807, 2.05) is 0 Å². The van der Waals surface area contributed by atoms with E-state index in [4.69, 9.17) is 0 Å². The van der Waals surface area contributed by atoms with Crippen LogP contribution in [-0.2, 0) is 5.41 Å². The molecule has 0 saturated carbocycles. The maximum atomic E-state index is 2.77. The monoisotopic (exact) mass is 520 g/mol. The van der Waals surface area contributed by atoms with Crippen LogP contribution in [0, 0.1) is 33.0 Å².